The van der Waals surface area contributed by atoms with Crippen molar-refractivity contribution in [1.82, 2.24) is 9.80 Å². The molecule has 0 spiro atoms. The van der Waals surface area contributed by atoms with Gasteiger partial charge in [0.25, 0.3) is 0 Å². The first-order chi connectivity index (χ1) is 13.0. The summed E-state index contributed by atoms with van der Waals surface area (Å²) in [5.41, 5.74) is 2.38. The zero-order chi connectivity index (χ0) is 19.6. The molecule has 0 fully saturated rings. The predicted molar refractivity (Wildman–Crippen MR) is 109 cm³/mol. The number of hydrogen-bond donors (Lipinski definition) is 1. The quantitative estimate of drug-likeness (QED) is 0.657. The van der Waals surface area contributed by atoms with Gasteiger partial charge in [-0.15, -0.1) is 0 Å². The Balaban J connectivity index is 1.89. The van der Waals surface area contributed by atoms with Gasteiger partial charge in [0.1, 0.15) is 12.7 Å². The van der Waals surface area contributed by atoms with Crippen molar-refractivity contribution in [1.29, 1.82) is 0 Å². The molecule has 0 saturated heterocycles. The molecule has 2 aromatic rings. The number of hydrogen-bond acceptors (Lipinski definition) is 5. The van der Waals surface area contributed by atoms with E-state index in [0.29, 0.717) is 18.0 Å². The molecule has 0 saturated carbocycles. The molecule has 0 bridgehead atoms. The van der Waals surface area contributed by atoms with Gasteiger partial charge in [0.05, 0.1) is 7.11 Å². The fourth-order valence-electron chi connectivity index (χ4n) is 2.91. The lowest BCUT2D eigenvalue weighted by Crippen LogP contribution is -2.32. The zero-order valence-electron chi connectivity index (χ0n) is 16.9. The fourth-order valence-corrected chi connectivity index (χ4v) is 2.91. The van der Waals surface area contributed by atoms with E-state index in [1.165, 1.54) is 5.56 Å². The van der Waals surface area contributed by atoms with Gasteiger partial charge in [-0.2, -0.15) is 0 Å². The average Bonchev–Trinajstić information content (AvgIpc) is 2.67. The molecule has 0 amide bonds. The number of aliphatic hydroxyl groups excluding tert-OH is 1. The van der Waals surface area contributed by atoms with Crippen LogP contribution in [0, 0.1) is 0 Å². The Bertz CT molecular complexity index is 679. The minimum atomic E-state index is -0.578. The first kappa shape index (κ1) is 21.2. The third kappa shape index (κ3) is 7.21. The summed E-state index contributed by atoms with van der Waals surface area (Å²) in [5, 5.41) is 10.4. The molecule has 148 valence electrons. The summed E-state index contributed by atoms with van der Waals surface area (Å²) in [5.74, 6) is 1.35. The molecule has 1 N–H and O–H groups in total. The average molecular weight is 373 g/mol. The normalized spacial score (nSPS) is 12.4. The number of benzene rings is 2. The number of methoxy groups -OCH3 is 1. The summed E-state index contributed by atoms with van der Waals surface area (Å²) in [6.45, 7) is 5.51. The first-order valence-electron chi connectivity index (χ1n) is 9.40. The van der Waals surface area contributed by atoms with Gasteiger partial charge < -0.3 is 19.5 Å². The van der Waals surface area contributed by atoms with E-state index in [-0.39, 0.29) is 6.61 Å². The van der Waals surface area contributed by atoms with Crippen LogP contribution in [-0.4, -0.2) is 61.9 Å². The maximum absolute atomic E-state index is 10.4. The van der Waals surface area contributed by atoms with Gasteiger partial charge in [-0.3, -0.25) is 4.90 Å². The molecule has 0 aliphatic carbocycles. The highest BCUT2D eigenvalue weighted by atomic mass is 16.5. The highest BCUT2D eigenvalue weighted by molar-refractivity contribution is 5.43. The molecule has 0 unspecified atom stereocenters. The number of aliphatic hydroxyl groups is 1. The van der Waals surface area contributed by atoms with Crippen LogP contribution in [0.2, 0.25) is 0 Å². The van der Waals surface area contributed by atoms with E-state index < -0.39 is 6.10 Å². The second-order valence-corrected chi connectivity index (χ2v) is 6.96. The van der Waals surface area contributed by atoms with Gasteiger partial charge in [-0.25, -0.2) is 0 Å². The van der Waals surface area contributed by atoms with Crippen LogP contribution in [-0.2, 0) is 13.1 Å². The zero-order valence-corrected chi connectivity index (χ0v) is 16.9. The lowest BCUT2D eigenvalue weighted by atomic mass is 10.2. The molecule has 5 nitrogen and oxygen atoms in total. The third-order valence-electron chi connectivity index (χ3n) is 4.47. The molecule has 0 heterocycles. The number of likely N-dealkylation sites (N-methyl/N-ethyl adjacent to an activating group) is 1. The highest BCUT2D eigenvalue weighted by Crippen LogP contribution is 2.28. The Hall–Kier alpha value is -2.08. The van der Waals surface area contributed by atoms with Crippen molar-refractivity contribution < 1.29 is 14.6 Å². The highest BCUT2D eigenvalue weighted by Gasteiger charge is 2.13. The second kappa shape index (κ2) is 10.9. The van der Waals surface area contributed by atoms with Gasteiger partial charge in [-0.1, -0.05) is 43.3 Å². The lowest BCUT2D eigenvalue weighted by molar-refractivity contribution is 0.0732. The summed E-state index contributed by atoms with van der Waals surface area (Å²) < 4.78 is 11.3. The van der Waals surface area contributed by atoms with Crippen molar-refractivity contribution in [3.05, 3.63) is 59.7 Å². The molecule has 0 aliphatic heterocycles. The van der Waals surface area contributed by atoms with Crippen molar-refractivity contribution in [2.75, 3.05) is 40.9 Å². The van der Waals surface area contributed by atoms with E-state index >= 15 is 0 Å². The van der Waals surface area contributed by atoms with E-state index in [2.05, 4.69) is 35.9 Å². The van der Waals surface area contributed by atoms with E-state index in [1.807, 2.05) is 43.4 Å². The summed E-state index contributed by atoms with van der Waals surface area (Å²) in [4.78, 5) is 4.31. The standard InChI is InChI=1S/C22H32N2O3/c1-5-23(2)15-19-11-12-21(26-4)22(13-19)27-17-20(25)16-24(3)14-18-9-7-6-8-10-18/h6-13,20,25H,5,14-17H2,1-4H3/t20-/m0/s1. The maximum Gasteiger partial charge on any atom is 0.161 e. The van der Waals surface area contributed by atoms with Crippen LogP contribution in [0.25, 0.3) is 0 Å². The Morgan fingerprint density at radius 3 is 2.30 bits per heavy atom. The van der Waals surface area contributed by atoms with Crippen LogP contribution in [0.3, 0.4) is 0 Å². The molecule has 27 heavy (non-hydrogen) atoms. The fraction of sp³-hybridized carbons (Fsp3) is 0.455. The minimum absolute atomic E-state index is 0.225. The van der Waals surface area contributed by atoms with Gasteiger partial charge in [0, 0.05) is 19.6 Å². The Morgan fingerprint density at radius 1 is 0.926 bits per heavy atom. The summed E-state index contributed by atoms with van der Waals surface area (Å²) >= 11 is 0. The Labute approximate surface area is 163 Å². The van der Waals surface area contributed by atoms with E-state index in [1.54, 1.807) is 7.11 Å². The van der Waals surface area contributed by atoms with Gasteiger partial charge in [0.2, 0.25) is 0 Å². The molecule has 0 radical (unpaired) electrons. The molecule has 2 rings (SSSR count). The van der Waals surface area contributed by atoms with Crippen molar-refractivity contribution >= 4 is 0 Å². The Morgan fingerprint density at radius 2 is 1.63 bits per heavy atom. The molecule has 0 aromatic heterocycles. The number of nitrogens with zero attached hydrogens (tertiary/aromatic N) is 2. The van der Waals surface area contributed by atoms with Gasteiger partial charge in [-0.05, 0) is 43.9 Å². The van der Waals surface area contributed by atoms with Crippen LogP contribution >= 0.6 is 0 Å². The third-order valence-corrected chi connectivity index (χ3v) is 4.47. The van der Waals surface area contributed by atoms with E-state index in [9.17, 15) is 5.11 Å². The van der Waals surface area contributed by atoms with Crippen LogP contribution in [0.1, 0.15) is 18.1 Å². The number of rotatable bonds is 11. The van der Waals surface area contributed by atoms with Crippen molar-refractivity contribution in [2.24, 2.45) is 0 Å². The van der Waals surface area contributed by atoms with Crippen LogP contribution in [0.15, 0.2) is 48.5 Å². The number of ether oxygens (including phenoxy) is 2. The molecular formula is C22H32N2O3. The van der Waals surface area contributed by atoms with E-state index in [0.717, 1.165) is 25.2 Å². The molecule has 0 aliphatic rings. The van der Waals surface area contributed by atoms with Crippen LogP contribution in [0.4, 0.5) is 0 Å². The van der Waals surface area contributed by atoms with Crippen molar-refractivity contribution in [2.45, 2.75) is 26.1 Å². The topological polar surface area (TPSA) is 45.2 Å². The predicted octanol–water partition coefficient (Wildman–Crippen LogP) is 3.02. The largest absolute Gasteiger partial charge is 0.493 e. The molecule has 5 heteroatoms. The summed E-state index contributed by atoms with van der Waals surface area (Å²) in [6, 6.07) is 16.2. The van der Waals surface area contributed by atoms with Crippen LogP contribution < -0.4 is 9.47 Å². The monoisotopic (exact) mass is 372 g/mol. The van der Waals surface area contributed by atoms with Gasteiger partial charge >= 0.3 is 0 Å². The Kier molecular flexibility index (Phi) is 8.58. The van der Waals surface area contributed by atoms with Crippen molar-refractivity contribution in [3.63, 3.8) is 0 Å². The van der Waals surface area contributed by atoms with Crippen molar-refractivity contribution in [3.8, 4) is 11.5 Å². The first-order valence-corrected chi connectivity index (χ1v) is 9.40. The summed E-state index contributed by atoms with van der Waals surface area (Å²) in [6.07, 6.45) is -0.578. The maximum atomic E-state index is 10.4. The smallest absolute Gasteiger partial charge is 0.161 e. The lowest BCUT2D eigenvalue weighted by Gasteiger charge is -2.21. The van der Waals surface area contributed by atoms with E-state index in [4.69, 9.17) is 9.47 Å². The second-order valence-electron chi connectivity index (χ2n) is 6.96. The SMILES string of the molecule is CCN(C)Cc1ccc(OC)c(OC[C@@H](O)CN(C)Cc2ccccc2)c1. The minimum Gasteiger partial charge on any atom is -0.493 e. The molecule has 1 atom stereocenters. The van der Waals surface area contributed by atoms with Gasteiger partial charge in [0.15, 0.2) is 11.5 Å². The summed E-state index contributed by atoms with van der Waals surface area (Å²) in [7, 11) is 5.71. The molecule has 2 aromatic carbocycles. The molecular weight excluding hydrogens is 340 g/mol. The van der Waals surface area contributed by atoms with Crippen LogP contribution in [0.5, 0.6) is 11.5 Å².